The highest BCUT2D eigenvalue weighted by molar-refractivity contribution is 6.33. The molecular weight excluding hydrogens is 254 g/mol. The number of likely N-dealkylation sites (tertiary alicyclic amines) is 1. The maximum atomic E-state index is 12.3. The van der Waals surface area contributed by atoms with Crippen LogP contribution in [0.4, 0.5) is 0 Å². The molecular formula is C12H14ClN3O2. The fraction of sp³-hybridized carbons (Fsp3) is 0.417. The Morgan fingerprint density at radius 2 is 2.28 bits per heavy atom. The van der Waals surface area contributed by atoms with E-state index in [1.165, 1.54) is 12.4 Å². The van der Waals surface area contributed by atoms with Gasteiger partial charge in [-0.15, -0.1) is 0 Å². The number of amides is 2. The van der Waals surface area contributed by atoms with Crippen molar-refractivity contribution in [3.8, 4) is 0 Å². The quantitative estimate of drug-likeness (QED) is 0.871. The number of hydrogen-bond acceptors (Lipinski definition) is 3. The number of nitrogens with two attached hydrogens (primary N) is 1. The third-order valence-electron chi connectivity index (χ3n) is 3.11. The predicted molar refractivity (Wildman–Crippen MR) is 67.1 cm³/mol. The Bertz CT molecular complexity index is 478. The molecule has 1 fully saturated rings. The Hall–Kier alpha value is -1.62. The lowest BCUT2D eigenvalue weighted by Gasteiger charge is -2.31. The monoisotopic (exact) mass is 267 g/mol. The SMILES string of the molecule is NC(=O)C1CCCN(C(=O)c2ccncc2Cl)C1. The summed E-state index contributed by atoms with van der Waals surface area (Å²) in [6.45, 7) is 0.994. The minimum Gasteiger partial charge on any atom is -0.369 e. The smallest absolute Gasteiger partial charge is 0.255 e. The first-order valence-corrected chi connectivity index (χ1v) is 6.15. The molecule has 18 heavy (non-hydrogen) atoms. The number of aromatic nitrogens is 1. The van der Waals surface area contributed by atoms with Gasteiger partial charge in [0.15, 0.2) is 0 Å². The lowest BCUT2D eigenvalue weighted by atomic mass is 9.97. The van der Waals surface area contributed by atoms with Gasteiger partial charge in [-0.05, 0) is 18.9 Å². The van der Waals surface area contributed by atoms with Crippen LogP contribution in [-0.2, 0) is 4.79 Å². The van der Waals surface area contributed by atoms with Crippen molar-refractivity contribution in [2.24, 2.45) is 11.7 Å². The molecule has 96 valence electrons. The van der Waals surface area contributed by atoms with E-state index in [0.29, 0.717) is 23.7 Å². The summed E-state index contributed by atoms with van der Waals surface area (Å²) in [4.78, 5) is 28.9. The molecule has 2 N–H and O–H groups in total. The van der Waals surface area contributed by atoms with Crippen LogP contribution in [0.5, 0.6) is 0 Å². The number of piperidine rings is 1. The highest BCUT2D eigenvalue weighted by Gasteiger charge is 2.28. The molecule has 1 aliphatic rings. The predicted octanol–water partition coefficient (Wildman–Crippen LogP) is 1.07. The summed E-state index contributed by atoms with van der Waals surface area (Å²) >= 11 is 5.94. The van der Waals surface area contributed by atoms with Gasteiger partial charge in [0.1, 0.15) is 0 Å². The molecule has 0 aromatic carbocycles. The largest absolute Gasteiger partial charge is 0.369 e. The number of primary amides is 1. The van der Waals surface area contributed by atoms with Gasteiger partial charge in [0, 0.05) is 25.5 Å². The van der Waals surface area contributed by atoms with Crippen LogP contribution in [0.15, 0.2) is 18.5 Å². The normalized spacial score (nSPS) is 19.6. The summed E-state index contributed by atoms with van der Waals surface area (Å²) < 4.78 is 0. The molecule has 1 aromatic rings. The number of carbonyl (C=O) groups is 2. The molecule has 2 rings (SSSR count). The Balaban J connectivity index is 2.14. The van der Waals surface area contributed by atoms with Gasteiger partial charge in [-0.2, -0.15) is 0 Å². The molecule has 6 heteroatoms. The Labute approximate surface area is 110 Å². The van der Waals surface area contributed by atoms with Gasteiger partial charge < -0.3 is 10.6 Å². The van der Waals surface area contributed by atoms with Crippen molar-refractivity contribution in [3.63, 3.8) is 0 Å². The Morgan fingerprint density at radius 3 is 2.94 bits per heavy atom. The van der Waals surface area contributed by atoms with Crippen molar-refractivity contribution in [1.82, 2.24) is 9.88 Å². The molecule has 1 aliphatic heterocycles. The van der Waals surface area contributed by atoms with Crippen LogP contribution in [0, 0.1) is 5.92 Å². The van der Waals surface area contributed by atoms with Crippen molar-refractivity contribution in [2.75, 3.05) is 13.1 Å². The second-order valence-corrected chi connectivity index (χ2v) is 4.76. The molecule has 2 heterocycles. The number of hydrogen-bond donors (Lipinski definition) is 1. The zero-order chi connectivity index (χ0) is 13.1. The van der Waals surface area contributed by atoms with E-state index in [-0.39, 0.29) is 17.7 Å². The minimum atomic E-state index is -0.353. The maximum Gasteiger partial charge on any atom is 0.255 e. The van der Waals surface area contributed by atoms with E-state index in [1.807, 2.05) is 0 Å². The first kappa shape index (κ1) is 12.8. The summed E-state index contributed by atoms with van der Waals surface area (Å²) in [5, 5.41) is 0.323. The van der Waals surface area contributed by atoms with Crippen molar-refractivity contribution in [3.05, 3.63) is 29.0 Å². The van der Waals surface area contributed by atoms with Crippen molar-refractivity contribution in [1.29, 1.82) is 0 Å². The average Bonchev–Trinajstić information content (AvgIpc) is 2.38. The van der Waals surface area contributed by atoms with E-state index in [0.717, 1.165) is 12.8 Å². The van der Waals surface area contributed by atoms with E-state index >= 15 is 0 Å². The number of halogens is 1. The lowest BCUT2D eigenvalue weighted by molar-refractivity contribution is -0.123. The first-order valence-electron chi connectivity index (χ1n) is 5.77. The molecule has 1 aromatic heterocycles. The van der Waals surface area contributed by atoms with Crippen molar-refractivity contribution >= 4 is 23.4 Å². The van der Waals surface area contributed by atoms with E-state index in [1.54, 1.807) is 11.0 Å². The van der Waals surface area contributed by atoms with E-state index in [9.17, 15) is 9.59 Å². The Morgan fingerprint density at radius 1 is 1.50 bits per heavy atom. The highest BCUT2D eigenvalue weighted by atomic mass is 35.5. The van der Waals surface area contributed by atoms with Crippen molar-refractivity contribution in [2.45, 2.75) is 12.8 Å². The summed E-state index contributed by atoms with van der Waals surface area (Å²) in [7, 11) is 0. The first-order chi connectivity index (χ1) is 8.59. The third-order valence-corrected chi connectivity index (χ3v) is 3.42. The lowest BCUT2D eigenvalue weighted by Crippen LogP contribution is -2.44. The molecule has 1 atom stereocenters. The van der Waals surface area contributed by atoms with E-state index < -0.39 is 0 Å². The minimum absolute atomic E-state index is 0.173. The van der Waals surface area contributed by atoms with Crippen LogP contribution in [0.3, 0.4) is 0 Å². The molecule has 0 bridgehead atoms. The van der Waals surface area contributed by atoms with E-state index in [4.69, 9.17) is 17.3 Å². The topological polar surface area (TPSA) is 76.3 Å². The zero-order valence-corrected chi connectivity index (χ0v) is 10.6. The third kappa shape index (κ3) is 2.61. The summed E-state index contributed by atoms with van der Waals surface area (Å²) in [6.07, 6.45) is 4.48. The molecule has 0 spiro atoms. The highest BCUT2D eigenvalue weighted by Crippen LogP contribution is 2.21. The van der Waals surface area contributed by atoms with Crippen LogP contribution in [0.1, 0.15) is 23.2 Å². The second kappa shape index (κ2) is 5.35. The standard InChI is InChI=1S/C12H14ClN3O2/c13-10-6-15-4-3-9(10)12(18)16-5-1-2-8(7-16)11(14)17/h3-4,6,8H,1-2,5,7H2,(H2,14,17). The van der Waals surface area contributed by atoms with Gasteiger partial charge in [-0.1, -0.05) is 11.6 Å². The van der Waals surface area contributed by atoms with Crippen LogP contribution < -0.4 is 5.73 Å². The van der Waals surface area contributed by atoms with Crippen LogP contribution in [-0.4, -0.2) is 34.8 Å². The van der Waals surface area contributed by atoms with Crippen LogP contribution in [0.25, 0.3) is 0 Å². The summed E-state index contributed by atoms with van der Waals surface area (Å²) in [5.74, 6) is -0.787. The molecule has 0 radical (unpaired) electrons. The Kier molecular flexibility index (Phi) is 3.81. The average molecular weight is 268 g/mol. The molecule has 0 saturated carbocycles. The zero-order valence-electron chi connectivity index (χ0n) is 9.80. The fourth-order valence-electron chi connectivity index (χ4n) is 2.11. The van der Waals surface area contributed by atoms with Crippen LogP contribution in [0.2, 0.25) is 5.02 Å². The van der Waals surface area contributed by atoms with Gasteiger partial charge in [0.2, 0.25) is 5.91 Å². The maximum absolute atomic E-state index is 12.3. The summed E-state index contributed by atoms with van der Waals surface area (Å²) in [5.41, 5.74) is 5.70. The second-order valence-electron chi connectivity index (χ2n) is 4.35. The molecule has 1 unspecified atom stereocenters. The number of rotatable bonds is 2. The van der Waals surface area contributed by atoms with Crippen molar-refractivity contribution < 1.29 is 9.59 Å². The van der Waals surface area contributed by atoms with Crippen LogP contribution >= 0.6 is 11.6 Å². The molecule has 5 nitrogen and oxygen atoms in total. The van der Waals surface area contributed by atoms with Gasteiger partial charge in [-0.3, -0.25) is 14.6 Å². The van der Waals surface area contributed by atoms with E-state index in [2.05, 4.69) is 4.98 Å². The van der Waals surface area contributed by atoms with Gasteiger partial charge in [0.25, 0.3) is 5.91 Å². The number of carbonyl (C=O) groups excluding carboxylic acids is 2. The molecule has 2 amide bonds. The molecule has 0 aliphatic carbocycles. The summed E-state index contributed by atoms with van der Waals surface area (Å²) in [6, 6.07) is 1.58. The fourth-order valence-corrected chi connectivity index (χ4v) is 2.31. The van der Waals surface area contributed by atoms with Gasteiger partial charge >= 0.3 is 0 Å². The number of pyridine rings is 1. The number of nitrogens with zero attached hydrogens (tertiary/aromatic N) is 2. The van der Waals surface area contributed by atoms with Gasteiger partial charge in [0.05, 0.1) is 16.5 Å². The molecule has 1 saturated heterocycles. The van der Waals surface area contributed by atoms with Gasteiger partial charge in [-0.25, -0.2) is 0 Å².